The van der Waals surface area contributed by atoms with E-state index in [1.807, 2.05) is 36.4 Å². The second kappa shape index (κ2) is 5.30. The average Bonchev–Trinajstić information content (AvgIpc) is 3.10. The molecule has 108 valence electrons. The van der Waals surface area contributed by atoms with Gasteiger partial charge in [-0.25, -0.2) is 9.97 Å². The molecule has 2 aliphatic carbocycles. The van der Waals surface area contributed by atoms with Crippen molar-refractivity contribution in [1.29, 1.82) is 0 Å². The predicted molar refractivity (Wildman–Crippen MR) is 85.3 cm³/mol. The molecule has 1 heterocycles. The molecule has 4 heteroatoms. The maximum absolute atomic E-state index is 6.10. The van der Waals surface area contributed by atoms with Crippen LogP contribution in [0.15, 0.2) is 36.4 Å². The summed E-state index contributed by atoms with van der Waals surface area (Å²) < 4.78 is 0. The normalized spacial score (nSPS) is 27.0. The van der Waals surface area contributed by atoms with Crippen molar-refractivity contribution < 1.29 is 0 Å². The van der Waals surface area contributed by atoms with Crippen LogP contribution in [0.5, 0.6) is 0 Å². The van der Waals surface area contributed by atoms with Crippen molar-refractivity contribution >= 4 is 17.4 Å². The van der Waals surface area contributed by atoms with Crippen LogP contribution in [0.2, 0.25) is 5.28 Å². The SMILES string of the molecule is Clc1nc(NC2CC3CCC2C3)cc(-c2ccccc2)n1. The fraction of sp³-hybridized carbons (Fsp3) is 0.412. The van der Waals surface area contributed by atoms with Crippen LogP contribution < -0.4 is 5.32 Å². The first-order chi connectivity index (χ1) is 10.3. The van der Waals surface area contributed by atoms with Gasteiger partial charge in [0.25, 0.3) is 0 Å². The highest BCUT2D eigenvalue weighted by Gasteiger charge is 2.39. The molecule has 3 unspecified atom stereocenters. The van der Waals surface area contributed by atoms with Crippen molar-refractivity contribution in [2.45, 2.75) is 31.7 Å². The Morgan fingerprint density at radius 2 is 1.90 bits per heavy atom. The molecule has 0 aliphatic heterocycles. The lowest BCUT2D eigenvalue weighted by molar-refractivity contribution is 0.439. The maximum Gasteiger partial charge on any atom is 0.224 e. The molecule has 2 bridgehead atoms. The number of anilines is 1. The Morgan fingerprint density at radius 3 is 2.62 bits per heavy atom. The van der Waals surface area contributed by atoms with E-state index in [0.29, 0.717) is 11.3 Å². The predicted octanol–water partition coefficient (Wildman–Crippen LogP) is 4.40. The second-order valence-electron chi connectivity index (χ2n) is 6.20. The molecule has 4 rings (SSSR count). The van der Waals surface area contributed by atoms with Crippen LogP contribution in [0, 0.1) is 11.8 Å². The third kappa shape index (κ3) is 2.62. The standard InChI is InChI=1S/C17H18ClN3/c18-17-20-15(12-4-2-1-3-5-12)10-16(21-17)19-14-9-11-6-7-13(14)8-11/h1-5,10-11,13-14H,6-9H2,(H,19,20,21). The van der Waals surface area contributed by atoms with Gasteiger partial charge in [0.15, 0.2) is 0 Å². The van der Waals surface area contributed by atoms with E-state index in [2.05, 4.69) is 15.3 Å². The Bertz CT molecular complexity index is 644. The fourth-order valence-corrected chi connectivity index (χ4v) is 4.04. The molecule has 3 nitrogen and oxygen atoms in total. The molecule has 2 aromatic rings. The Morgan fingerprint density at radius 1 is 1.05 bits per heavy atom. The second-order valence-corrected chi connectivity index (χ2v) is 6.54. The highest BCUT2D eigenvalue weighted by molar-refractivity contribution is 6.28. The first-order valence-corrected chi connectivity index (χ1v) is 8.02. The number of nitrogens with one attached hydrogen (secondary N) is 1. The van der Waals surface area contributed by atoms with Gasteiger partial charge in [-0.1, -0.05) is 36.8 Å². The third-order valence-corrected chi connectivity index (χ3v) is 5.01. The topological polar surface area (TPSA) is 37.8 Å². The summed E-state index contributed by atoms with van der Waals surface area (Å²) in [5, 5.41) is 3.90. The third-order valence-electron chi connectivity index (χ3n) is 4.84. The number of hydrogen-bond acceptors (Lipinski definition) is 3. The molecule has 1 aromatic heterocycles. The summed E-state index contributed by atoms with van der Waals surface area (Å²) in [7, 11) is 0. The number of fused-ring (bicyclic) bond motifs is 2. The first-order valence-electron chi connectivity index (χ1n) is 7.64. The zero-order valence-corrected chi connectivity index (χ0v) is 12.6. The van der Waals surface area contributed by atoms with Crippen molar-refractivity contribution in [3.05, 3.63) is 41.7 Å². The zero-order chi connectivity index (χ0) is 14.2. The number of nitrogens with zero attached hydrogens (tertiary/aromatic N) is 2. The molecule has 0 spiro atoms. The molecular weight excluding hydrogens is 282 g/mol. The highest BCUT2D eigenvalue weighted by Crippen LogP contribution is 2.45. The molecule has 1 N–H and O–H groups in total. The molecule has 2 fully saturated rings. The maximum atomic E-state index is 6.10. The number of rotatable bonds is 3. The summed E-state index contributed by atoms with van der Waals surface area (Å²) >= 11 is 6.10. The Labute approximate surface area is 129 Å². The van der Waals surface area contributed by atoms with Gasteiger partial charge in [-0.2, -0.15) is 0 Å². The summed E-state index contributed by atoms with van der Waals surface area (Å²) in [6.07, 6.45) is 5.41. The van der Waals surface area contributed by atoms with E-state index >= 15 is 0 Å². The highest BCUT2D eigenvalue weighted by atomic mass is 35.5. The van der Waals surface area contributed by atoms with E-state index in [-0.39, 0.29) is 0 Å². The molecule has 1 aromatic carbocycles. The van der Waals surface area contributed by atoms with Crippen molar-refractivity contribution in [3.63, 3.8) is 0 Å². The monoisotopic (exact) mass is 299 g/mol. The summed E-state index contributed by atoms with van der Waals surface area (Å²) in [6.45, 7) is 0. The van der Waals surface area contributed by atoms with E-state index in [1.165, 1.54) is 25.7 Å². The quantitative estimate of drug-likeness (QED) is 0.854. The first kappa shape index (κ1) is 13.1. The van der Waals surface area contributed by atoms with Gasteiger partial charge < -0.3 is 5.32 Å². The van der Waals surface area contributed by atoms with Gasteiger partial charge in [0.2, 0.25) is 5.28 Å². The van der Waals surface area contributed by atoms with Crippen LogP contribution in [0.3, 0.4) is 0 Å². The lowest BCUT2D eigenvalue weighted by Gasteiger charge is -2.23. The van der Waals surface area contributed by atoms with Gasteiger partial charge in [0.1, 0.15) is 5.82 Å². The Hall–Kier alpha value is -1.61. The molecule has 0 saturated heterocycles. The number of hydrogen-bond donors (Lipinski definition) is 1. The van der Waals surface area contributed by atoms with Crippen molar-refractivity contribution in [1.82, 2.24) is 9.97 Å². The van der Waals surface area contributed by atoms with Gasteiger partial charge >= 0.3 is 0 Å². The van der Waals surface area contributed by atoms with Gasteiger partial charge in [0, 0.05) is 17.7 Å². The molecule has 2 saturated carbocycles. The molecule has 3 atom stereocenters. The van der Waals surface area contributed by atoms with Crippen molar-refractivity contribution in [2.24, 2.45) is 11.8 Å². The fourth-order valence-electron chi connectivity index (χ4n) is 3.86. The van der Waals surface area contributed by atoms with Gasteiger partial charge in [0.05, 0.1) is 5.69 Å². The minimum absolute atomic E-state index is 0.307. The largest absolute Gasteiger partial charge is 0.367 e. The minimum Gasteiger partial charge on any atom is -0.367 e. The summed E-state index contributed by atoms with van der Waals surface area (Å²) in [5.41, 5.74) is 1.94. The molecule has 21 heavy (non-hydrogen) atoms. The van der Waals surface area contributed by atoms with Crippen molar-refractivity contribution in [3.8, 4) is 11.3 Å². The van der Waals surface area contributed by atoms with E-state index in [4.69, 9.17) is 11.6 Å². The van der Waals surface area contributed by atoms with Gasteiger partial charge in [-0.3, -0.25) is 0 Å². The lowest BCUT2D eigenvalue weighted by atomic mass is 9.95. The van der Waals surface area contributed by atoms with E-state index in [9.17, 15) is 0 Å². The van der Waals surface area contributed by atoms with Crippen LogP contribution in [0.4, 0.5) is 5.82 Å². The smallest absolute Gasteiger partial charge is 0.224 e. The van der Waals surface area contributed by atoms with Gasteiger partial charge in [-0.05, 0) is 42.7 Å². The Kier molecular flexibility index (Phi) is 3.30. The van der Waals surface area contributed by atoms with Crippen LogP contribution in [-0.4, -0.2) is 16.0 Å². The number of halogens is 1. The summed E-state index contributed by atoms with van der Waals surface area (Å²) in [5.74, 6) is 2.58. The molecule has 0 radical (unpaired) electrons. The van der Waals surface area contributed by atoms with E-state index in [1.54, 1.807) is 0 Å². The van der Waals surface area contributed by atoms with Crippen LogP contribution in [0.25, 0.3) is 11.3 Å². The van der Waals surface area contributed by atoms with E-state index in [0.717, 1.165) is 28.9 Å². The average molecular weight is 300 g/mol. The van der Waals surface area contributed by atoms with Crippen LogP contribution in [-0.2, 0) is 0 Å². The molecule has 2 aliphatic rings. The molecule has 0 amide bonds. The zero-order valence-electron chi connectivity index (χ0n) is 11.8. The van der Waals surface area contributed by atoms with Crippen molar-refractivity contribution in [2.75, 3.05) is 5.32 Å². The van der Waals surface area contributed by atoms with Crippen LogP contribution in [0.1, 0.15) is 25.7 Å². The molecular formula is C17H18ClN3. The summed E-state index contributed by atoms with van der Waals surface area (Å²) in [4.78, 5) is 8.69. The van der Waals surface area contributed by atoms with Crippen LogP contribution >= 0.6 is 11.6 Å². The number of benzene rings is 1. The number of aromatic nitrogens is 2. The summed E-state index contributed by atoms with van der Waals surface area (Å²) in [6, 6.07) is 12.7. The lowest BCUT2D eigenvalue weighted by Crippen LogP contribution is -2.26. The van der Waals surface area contributed by atoms with Gasteiger partial charge in [-0.15, -0.1) is 0 Å². The Balaban J connectivity index is 1.59. The minimum atomic E-state index is 0.307. The van der Waals surface area contributed by atoms with E-state index < -0.39 is 0 Å².